The molecule has 1 rings (SSSR count). The molecule has 1 unspecified atom stereocenters. The number of ether oxygens (including phenoxy) is 1. The largest absolute Gasteiger partial charge is 0.494 e. The zero-order chi connectivity index (χ0) is 13.1. The Kier molecular flexibility index (Phi) is 4.48. The van der Waals surface area contributed by atoms with Crippen molar-refractivity contribution in [1.29, 1.82) is 0 Å². The summed E-state index contributed by atoms with van der Waals surface area (Å²) in [6.07, 6.45) is 0. The summed E-state index contributed by atoms with van der Waals surface area (Å²) in [5.41, 5.74) is -0.568. The van der Waals surface area contributed by atoms with Gasteiger partial charge in [-0.1, -0.05) is 19.9 Å². The predicted octanol–water partition coefficient (Wildman–Crippen LogP) is 2.04. The molecule has 0 spiro atoms. The van der Waals surface area contributed by atoms with Gasteiger partial charge in [0.15, 0.2) is 11.6 Å². The molecular weight excluding hydrogens is 221 g/mol. The SMILES string of the molecule is COc1ccc(C(C)(O)CNC(C)C)cc1F. The fourth-order valence-electron chi connectivity index (χ4n) is 1.51. The average molecular weight is 241 g/mol. The standard InChI is InChI=1S/C13H20FNO2/c1-9(2)15-8-13(3,16)10-5-6-12(17-4)11(14)7-10/h5-7,9,15-16H,8H2,1-4H3. The summed E-state index contributed by atoms with van der Waals surface area (Å²) in [7, 11) is 1.41. The molecule has 0 aliphatic rings. The van der Waals surface area contributed by atoms with Crippen LogP contribution in [0, 0.1) is 5.82 Å². The second-order valence-corrected chi connectivity index (χ2v) is 4.66. The number of nitrogens with one attached hydrogen (secondary N) is 1. The monoisotopic (exact) mass is 241 g/mol. The highest BCUT2D eigenvalue weighted by molar-refractivity contribution is 5.32. The van der Waals surface area contributed by atoms with E-state index in [9.17, 15) is 9.50 Å². The van der Waals surface area contributed by atoms with Crippen molar-refractivity contribution in [1.82, 2.24) is 5.32 Å². The van der Waals surface area contributed by atoms with Crippen LogP contribution in [0.2, 0.25) is 0 Å². The highest BCUT2D eigenvalue weighted by Gasteiger charge is 2.24. The third-order valence-corrected chi connectivity index (χ3v) is 2.63. The molecule has 0 saturated heterocycles. The van der Waals surface area contributed by atoms with E-state index in [1.807, 2.05) is 13.8 Å². The minimum Gasteiger partial charge on any atom is -0.494 e. The minimum atomic E-state index is -1.10. The highest BCUT2D eigenvalue weighted by Crippen LogP contribution is 2.25. The van der Waals surface area contributed by atoms with Gasteiger partial charge in [-0.05, 0) is 24.6 Å². The summed E-state index contributed by atoms with van der Waals surface area (Å²) in [6.45, 7) is 6.01. The first kappa shape index (κ1) is 13.9. The van der Waals surface area contributed by atoms with E-state index in [0.29, 0.717) is 12.1 Å². The van der Waals surface area contributed by atoms with Crippen LogP contribution in [0.1, 0.15) is 26.3 Å². The average Bonchev–Trinajstić information content (AvgIpc) is 2.26. The van der Waals surface area contributed by atoms with Gasteiger partial charge in [0.05, 0.1) is 12.7 Å². The van der Waals surface area contributed by atoms with Crippen molar-refractivity contribution >= 4 is 0 Å². The van der Waals surface area contributed by atoms with Gasteiger partial charge >= 0.3 is 0 Å². The Morgan fingerprint density at radius 3 is 2.59 bits per heavy atom. The van der Waals surface area contributed by atoms with Gasteiger partial charge in [-0.15, -0.1) is 0 Å². The van der Waals surface area contributed by atoms with Crippen LogP contribution in [0.25, 0.3) is 0 Å². The number of hydrogen-bond donors (Lipinski definition) is 2. The maximum absolute atomic E-state index is 13.5. The molecule has 1 aromatic rings. The molecular formula is C13H20FNO2. The van der Waals surface area contributed by atoms with Crippen molar-refractivity contribution < 1.29 is 14.2 Å². The second-order valence-electron chi connectivity index (χ2n) is 4.66. The van der Waals surface area contributed by atoms with Gasteiger partial charge in [0.2, 0.25) is 0 Å². The van der Waals surface area contributed by atoms with E-state index in [1.165, 1.54) is 19.2 Å². The van der Waals surface area contributed by atoms with Gasteiger partial charge in [0.1, 0.15) is 0 Å². The molecule has 0 aromatic heterocycles. The molecule has 1 atom stereocenters. The number of halogens is 1. The fraction of sp³-hybridized carbons (Fsp3) is 0.538. The number of aliphatic hydroxyl groups is 1. The van der Waals surface area contributed by atoms with Crippen molar-refractivity contribution in [2.24, 2.45) is 0 Å². The van der Waals surface area contributed by atoms with Crippen LogP contribution in [-0.2, 0) is 5.60 Å². The lowest BCUT2D eigenvalue weighted by molar-refractivity contribution is 0.0545. The van der Waals surface area contributed by atoms with Crippen LogP contribution >= 0.6 is 0 Å². The molecule has 2 N–H and O–H groups in total. The summed E-state index contributed by atoms with van der Waals surface area (Å²) in [6, 6.07) is 4.77. The Morgan fingerprint density at radius 1 is 1.47 bits per heavy atom. The zero-order valence-corrected chi connectivity index (χ0v) is 10.7. The first-order valence-electron chi connectivity index (χ1n) is 5.66. The van der Waals surface area contributed by atoms with E-state index < -0.39 is 11.4 Å². The maximum Gasteiger partial charge on any atom is 0.165 e. The molecule has 0 bridgehead atoms. The van der Waals surface area contributed by atoms with E-state index in [0.717, 1.165) is 0 Å². The number of rotatable bonds is 5. The van der Waals surface area contributed by atoms with Crippen LogP contribution in [-0.4, -0.2) is 24.8 Å². The van der Waals surface area contributed by atoms with E-state index >= 15 is 0 Å². The molecule has 17 heavy (non-hydrogen) atoms. The third kappa shape index (κ3) is 3.68. The topological polar surface area (TPSA) is 41.5 Å². The molecule has 0 aliphatic heterocycles. The highest BCUT2D eigenvalue weighted by atomic mass is 19.1. The van der Waals surface area contributed by atoms with Crippen LogP contribution in [0.5, 0.6) is 5.75 Å². The molecule has 0 fully saturated rings. The molecule has 0 saturated carbocycles. The molecule has 0 aliphatic carbocycles. The first-order valence-corrected chi connectivity index (χ1v) is 5.66. The zero-order valence-electron chi connectivity index (χ0n) is 10.7. The molecule has 0 heterocycles. The lowest BCUT2D eigenvalue weighted by Gasteiger charge is -2.26. The van der Waals surface area contributed by atoms with E-state index in [4.69, 9.17) is 4.74 Å². The van der Waals surface area contributed by atoms with Crippen LogP contribution in [0.4, 0.5) is 4.39 Å². The van der Waals surface area contributed by atoms with E-state index in [-0.39, 0.29) is 11.8 Å². The molecule has 0 radical (unpaired) electrons. The lowest BCUT2D eigenvalue weighted by atomic mass is 9.95. The Balaban J connectivity index is 2.87. The Morgan fingerprint density at radius 2 is 2.12 bits per heavy atom. The van der Waals surface area contributed by atoms with Gasteiger partial charge in [0.25, 0.3) is 0 Å². The molecule has 1 aromatic carbocycles. The maximum atomic E-state index is 13.5. The van der Waals surface area contributed by atoms with E-state index in [1.54, 1.807) is 13.0 Å². The quantitative estimate of drug-likeness (QED) is 0.829. The number of methoxy groups -OCH3 is 1. The molecule has 0 amide bonds. The number of hydrogen-bond acceptors (Lipinski definition) is 3. The summed E-state index contributed by atoms with van der Waals surface area (Å²) in [5, 5.41) is 13.4. The normalized spacial score (nSPS) is 14.8. The van der Waals surface area contributed by atoms with Crippen LogP contribution < -0.4 is 10.1 Å². The van der Waals surface area contributed by atoms with Crippen LogP contribution in [0.3, 0.4) is 0 Å². The molecule has 96 valence electrons. The molecule has 3 nitrogen and oxygen atoms in total. The third-order valence-electron chi connectivity index (χ3n) is 2.63. The summed E-state index contributed by atoms with van der Waals surface area (Å²) >= 11 is 0. The first-order chi connectivity index (χ1) is 7.86. The predicted molar refractivity (Wildman–Crippen MR) is 65.7 cm³/mol. The Labute approximate surface area is 102 Å². The lowest BCUT2D eigenvalue weighted by Crippen LogP contribution is -2.38. The van der Waals surface area contributed by atoms with Gasteiger partial charge in [0, 0.05) is 12.6 Å². The number of benzene rings is 1. The van der Waals surface area contributed by atoms with Gasteiger partial charge in [-0.3, -0.25) is 0 Å². The van der Waals surface area contributed by atoms with Crippen LogP contribution in [0.15, 0.2) is 18.2 Å². The van der Waals surface area contributed by atoms with Crippen molar-refractivity contribution in [2.75, 3.05) is 13.7 Å². The fourth-order valence-corrected chi connectivity index (χ4v) is 1.51. The summed E-state index contributed by atoms with van der Waals surface area (Å²) in [4.78, 5) is 0. The smallest absolute Gasteiger partial charge is 0.165 e. The van der Waals surface area contributed by atoms with Crippen molar-refractivity contribution in [3.63, 3.8) is 0 Å². The van der Waals surface area contributed by atoms with Crippen molar-refractivity contribution in [3.8, 4) is 5.75 Å². The second kappa shape index (κ2) is 5.47. The summed E-state index contributed by atoms with van der Waals surface area (Å²) < 4.78 is 18.4. The Bertz CT molecular complexity index is 378. The van der Waals surface area contributed by atoms with Crippen molar-refractivity contribution in [2.45, 2.75) is 32.4 Å². The Hall–Kier alpha value is -1.13. The minimum absolute atomic E-state index is 0.182. The van der Waals surface area contributed by atoms with Gasteiger partial charge < -0.3 is 15.2 Å². The van der Waals surface area contributed by atoms with Crippen molar-refractivity contribution in [3.05, 3.63) is 29.6 Å². The van der Waals surface area contributed by atoms with Gasteiger partial charge in [-0.2, -0.15) is 0 Å². The van der Waals surface area contributed by atoms with E-state index in [2.05, 4.69) is 5.32 Å². The summed E-state index contributed by atoms with van der Waals surface area (Å²) in [5.74, 6) is -0.281. The van der Waals surface area contributed by atoms with Gasteiger partial charge in [-0.25, -0.2) is 4.39 Å². The molecule has 4 heteroatoms.